The van der Waals surface area contributed by atoms with E-state index in [1.807, 2.05) is 7.05 Å². The van der Waals surface area contributed by atoms with Crippen LogP contribution in [0.3, 0.4) is 0 Å². The maximum absolute atomic E-state index is 13.5. The summed E-state index contributed by atoms with van der Waals surface area (Å²) in [7, 11) is 2.03. The molecule has 0 atom stereocenters. The van der Waals surface area contributed by atoms with Crippen molar-refractivity contribution in [1.29, 1.82) is 0 Å². The Hall–Kier alpha value is -1.56. The van der Waals surface area contributed by atoms with Gasteiger partial charge in [0.25, 0.3) is 0 Å². The Kier molecular flexibility index (Phi) is 5.54. The second-order valence-electron chi connectivity index (χ2n) is 5.86. The summed E-state index contributed by atoms with van der Waals surface area (Å²) in [6.07, 6.45) is 6.34. The molecule has 124 valence electrons. The van der Waals surface area contributed by atoms with Gasteiger partial charge in [0.15, 0.2) is 16.7 Å². The fourth-order valence-electron chi connectivity index (χ4n) is 3.01. The molecule has 0 aliphatic heterocycles. The van der Waals surface area contributed by atoms with Gasteiger partial charge in [-0.1, -0.05) is 43.2 Å². The lowest BCUT2D eigenvalue weighted by molar-refractivity contribution is 0.325. The number of ether oxygens (including phenoxy) is 1. The molecule has 3 rings (SSSR count). The number of rotatable bonds is 6. The fraction of sp³-hybridized carbons (Fsp3) is 0.529. The molecule has 0 bridgehead atoms. The highest BCUT2D eigenvalue weighted by Gasteiger charge is 2.21. The first-order chi connectivity index (χ1) is 11.3. The van der Waals surface area contributed by atoms with Gasteiger partial charge in [0.2, 0.25) is 0 Å². The minimum atomic E-state index is -0.323. The van der Waals surface area contributed by atoms with E-state index in [1.165, 1.54) is 38.2 Å². The molecular formula is C17H22FN3OS. The number of hydrogen-bond acceptors (Lipinski definition) is 4. The number of para-hydroxylation sites is 1. The lowest BCUT2D eigenvalue weighted by Gasteiger charge is -2.20. The average molecular weight is 335 g/mol. The quantitative estimate of drug-likeness (QED) is 0.587. The highest BCUT2D eigenvalue weighted by molar-refractivity contribution is 7.99. The number of aromatic nitrogens is 3. The third kappa shape index (κ3) is 4.05. The van der Waals surface area contributed by atoms with Crippen molar-refractivity contribution in [2.45, 2.75) is 43.2 Å². The van der Waals surface area contributed by atoms with Gasteiger partial charge in [-0.05, 0) is 25.0 Å². The van der Waals surface area contributed by atoms with Crippen LogP contribution in [-0.4, -0.2) is 27.1 Å². The molecule has 1 saturated carbocycles. The number of benzene rings is 1. The Balaban J connectivity index is 1.51. The van der Waals surface area contributed by atoms with Gasteiger partial charge >= 0.3 is 0 Å². The molecule has 1 heterocycles. The smallest absolute Gasteiger partial charge is 0.191 e. The number of hydrogen-bond donors (Lipinski definition) is 0. The van der Waals surface area contributed by atoms with Crippen molar-refractivity contribution >= 4 is 11.8 Å². The highest BCUT2D eigenvalue weighted by atomic mass is 32.2. The Morgan fingerprint density at radius 2 is 2.00 bits per heavy atom. The zero-order chi connectivity index (χ0) is 16.1. The maximum Gasteiger partial charge on any atom is 0.191 e. The summed E-state index contributed by atoms with van der Waals surface area (Å²) in [6.45, 7) is 0.442. The summed E-state index contributed by atoms with van der Waals surface area (Å²) in [5, 5.41) is 9.59. The molecule has 0 amide bonds. The van der Waals surface area contributed by atoms with Crippen LogP contribution in [-0.2, 0) is 7.05 Å². The monoisotopic (exact) mass is 335 g/mol. The summed E-state index contributed by atoms with van der Waals surface area (Å²) in [6, 6.07) is 6.47. The van der Waals surface area contributed by atoms with Gasteiger partial charge in [0.05, 0.1) is 6.61 Å². The topological polar surface area (TPSA) is 39.9 Å². The SMILES string of the molecule is Cn1c(SCCOc2ccccc2F)nnc1C1CCCCC1. The van der Waals surface area contributed by atoms with Crippen molar-refractivity contribution in [2.24, 2.45) is 7.05 Å². The van der Waals surface area contributed by atoms with Crippen LogP contribution in [0.2, 0.25) is 0 Å². The number of nitrogens with zero attached hydrogens (tertiary/aromatic N) is 3. The molecule has 1 aromatic heterocycles. The average Bonchev–Trinajstić information content (AvgIpc) is 2.95. The van der Waals surface area contributed by atoms with Gasteiger partial charge in [-0.2, -0.15) is 0 Å². The molecule has 1 aliphatic carbocycles. The van der Waals surface area contributed by atoms with Gasteiger partial charge in [-0.3, -0.25) is 0 Å². The summed E-state index contributed by atoms with van der Waals surface area (Å²) in [5.74, 6) is 2.34. The molecule has 1 fully saturated rings. The molecule has 0 N–H and O–H groups in total. The van der Waals surface area contributed by atoms with Crippen LogP contribution in [0.5, 0.6) is 5.75 Å². The highest BCUT2D eigenvalue weighted by Crippen LogP contribution is 2.32. The van der Waals surface area contributed by atoms with Crippen LogP contribution in [0.4, 0.5) is 4.39 Å². The second-order valence-corrected chi connectivity index (χ2v) is 6.92. The van der Waals surface area contributed by atoms with Crippen molar-refractivity contribution in [3.05, 3.63) is 35.9 Å². The number of halogens is 1. The largest absolute Gasteiger partial charge is 0.490 e. The standard InChI is InChI=1S/C17H22FN3OS/c1-21-16(13-7-3-2-4-8-13)19-20-17(21)23-12-11-22-15-10-6-5-9-14(15)18/h5-6,9-10,13H,2-4,7-8,11-12H2,1H3. The van der Waals surface area contributed by atoms with Gasteiger partial charge in [-0.25, -0.2) is 4.39 Å². The summed E-state index contributed by atoms with van der Waals surface area (Å²) in [4.78, 5) is 0. The van der Waals surface area contributed by atoms with Crippen molar-refractivity contribution < 1.29 is 9.13 Å². The van der Waals surface area contributed by atoms with E-state index < -0.39 is 0 Å². The van der Waals surface area contributed by atoms with Crippen molar-refractivity contribution in [2.75, 3.05) is 12.4 Å². The minimum Gasteiger partial charge on any atom is -0.490 e. The first kappa shape index (κ1) is 16.3. The second kappa shape index (κ2) is 7.81. The molecule has 6 heteroatoms. The molecule has 0 unspecified atom stereocenters. The van der Waals surface area contributed by atoms with Gasteiger partial charge < -0.3 is 9.30 Å². The van der Waals surface area contributed by atoms with Crippen LogP contribution in [0.25, 0.3) is 0 Å². The van der Waals surface area contributed by atoms with Gasteiger partial charge in [0.1, 0.15) is 5.82 Å². The molecule has 2 aromatic rings. The Bertz CT molecular complexity index is 641. The molecule has 4 nitrogen and oxygen atoms in total. The summed E-state index contributed by atoms with van der Waals surface area (Å²) >= 11 is 1.60. The summed E-state index contributed by atoms with van der Waals surface area (Å²) in [5.41, 5.74) is 0. The van der Waals surface area contributed by atoms with E-state index in [9.17, 15) is 4.39 Å². The Morgan fingerprint density at radius 1 is 1.22 bits per heavy atom. The first-order valence-electron chi connectivity index (χ1n) is 8.15. The normalized spacial score (nSPS) is 15.7. The summed E-state index contributed by atoms with van der Waals surface area (Å²) < 4.78 is 21.0. The van der Waals surface area contributed by atoms with E-state index >= 15 is 0 Å². The van der Waals surface area contributed by atoms with Crippen molar-refractivity contribution in [1.82, 2.24) is 14.8 Å². The Labute approximate surface area is 140 Å². The molecule has 23 heavy (non-hydrogen) atoms. The predicted octanol–water partition coefficient (Wildman–Crippen LogP) is 4.17. The van der Waals surface area contributed by atoms with Crippen LogP contribution in [0.15, 0.2) is 29.4 Å². The third-order valence-electron chi connectivity index (χ3n) is 4.25. The zero-order valence-electron chi connectivity index (χ0n) is 13.4. The molecule has 0 spiro atoms. The van der Waals surface area contributed by atoms with Crippen molar-refractivity contribution in [3.63, 3.8) is 0 Å². The van der Waals surface area contributed by atoms with Crippen LogP contribution in [0, 0.1) is 5.82 Å². The Morgan fingerprint density at radius 3 is 2.78 bits per heavy atom. The van der Waals surface area contributed by atoms with Crippen molar-refractivity contribution in [3.8, 4) is 5.75 Å². The molecule has 0 saturated heterocycles. The van der Waals surface area contributed by atoms with Crippen LogP contribution < -0.4 is 4.74 Å². The third-order valence-corrected chi connectivity index (χ3v) is 5.23. The van der Waals surface area contributed by atoms with Crippen LogP contribution in [0.1, 0.15) is 43.8 Å². The van der Waals surface area contributed by atoms with E-state index in [2.05, 4.69) is 14.8 Å². The molecular weight excluding hydrogens is 313 g/mol. The van der Waals surface area contributed by atoms with E-state index in [0.29, 0.717) is 24.0 Å². The molecule has 1 aromatic carbocycles. The number of thioether (sulfide) groups is 1. The van der Waals surface area contributed by atoms with Crippen LogP contribution >= 0.6 is 11.8 Å². The lowest BCUT2D eigenvalue weighted by Crippen LogP contribution is -2.10. The lowest BCUT2D eigenvalue weighted by atomic mass is 9.89. The predicted molar refractivity (Wildman–Crippen MR) is 89.4 cm³/mol. The molecule has 1 aliphatic rings. The van der Waals surface area contributed by atoms with Gasteiger partial charge in [-0.15, -0.1) is 10.2 Å². The zero-order valence-corrected chi connectivity index (χ0v) is 14.2. The van der Waals surface area contributed by atoms with E-state index in [1.54, 1.807) is 30.0 Å². The van der Waals surface area contributed by atoms with E-state index in [4.69, 9.17) is 4.74 Å². The van der Waals surface area contributed by atoms with E-state index in [-0.39, 0.29) is 5.82 Å². The fourth-order valence-corrected chi connectivity index (χ4v) is 3.75. The van der Waals surface area contributed by atoms with Gasteiger partial charge in [0, 0.05) is 18.7 Å². The maximum atomic E-state index is 13.5. The van der Waals surface area contributed by atoms with E-state index in [0.717, 1.165) is 11.0 Å². The minimum absolute atomic E-state index is 0.300. The molecule has 0 radical (unpaired) electrons. The first-order valence-corrected chi connectivity index (χ1v) is 9.13.